The number of fused-ring (bicyclic) bond motifs is 1. The van der Waals surface area contributed by atoms with Gasteiger partial charge in [0.2, 0.25) is 6.54 Å². The number of rotatable bonds is 7. The lowest BCUT2D eigenvalue weighted by Crippen LogP contribution is -2.57. The fraction of sp³-hybridized carbons (Fsp3) is 0.613. The molecule has 1 aromatic carbocycles. The van der Waals surface area contributed by atoms with Crippen molar-refractivity contribution in [2.45, 2.75) is 64.3 Å². The molecule has 4 heterocycles. The van der Waals surface area contributed by atoms with Crippen molar-refractivity contribution in [3.63, 3.8) is 0 Å². The minimum Gasteiger partial charge on any atom is -0.492 e. The monoisotopic (exact) mass is 595 g/mol. The minimum atomic E-state index is -0.627. The summed E-state index contributed by atoms with van der Waals surface area (Å²) in [6.07, 6.45) is 2.42. The van der Waals surface area contributed by atoms with Crippen LogP contribution in [0.15, 0.2) is 18.2 Å². The highest BCUT2D eigenvalue weighted by Crippen LogP contribution is 2.36. The molecule has 0 bridgehead atoms. The van der Waals surface area contributed by atoms with Crippen LogP contribution in [-0.4, -0.2) is 104 Å². The smallest absolute Gasteiger partial charge is 0.410 e. The molecule has 11 nitrogen and oxygen atoms in total. The normalized spacial score (nSPS) is 20.9. The number of aromatic nitrogens is 2. The highest BCUT2D eigenvalue weighted by atomic mass is 19.1. The third-order valence-electron chi connectivity index (χ3n) is 8.30. The Kier molecular flexibility index (Phi) is 9.11. The average Bonchev–Trinajstić information content (AvgIpc) is 3.38. The predicted octanol–water partition coefficient (Wildman–Crippen LogP) is 4.00. The molecular formula is C31H42FN7O4. The topological polar surface area (TPSA) is 87.9 Å². The Balaban J connectivity index is 1.44. The number of likely N-dealkylation sites (tertiary alicyclic amines) is 1. The van der Waals surface area contributed by atoms with E-state index in [1.54, 1.807) is 11.0 Å². The maximum Gasteiger partial charge on any atom is 0.410 e. The van der Waals surface area contributed by atoms with Gasteiger partial charge in [-0.2, -0.15) is 9.97 Å². The van der Waals surface area contributed by atoms with Gasteiger partial charge in [0.15, 0.2) is 11.6 Å². The lowest BCUT2D eigenvalue weighted by molar-refractivity contribution is 0.0155. The van der Waals surface area contributed by atoms with Crippen LogP contribution >= 0.6 is 0 Å². The number of para-hydroxylation sites is 1. The first kappa shape index (κ1) is 30.6. The second-order valence-electron chi connectivity index (χ2n) is 12.4. The van der Waals surface area contributed by atoms with Crippen LogP contribution in [0, 0.1) is 12.4 Å². The molecule has 0 spiro atoms. The van der Waals surface area contributed by atoms with E-state index in [1.807, 2.05) is 26.8 Å². The van der Waals surface area contributed by atoms with Gasteiger partial charge in [0.1, 0.15) is 24.1 Å². The summed E-state index contributed by atoms with van der Waals surface area (Å²) < 4.78 is 31.8. The molecule has 3 aliphatic rings. The molecular weight excluding hydrogens is 553 g/mol. The molecule has 1 unspecified atom stereocenters. The van der Waals surface area contributed by atoms with E-state index < -0.39 is 17.5 Å². The average molecular weight is 596 g/mol. The van der Waals surface area contributed by atoms with Gasteiger partial charge in [0.25, 0.3) is 0 Å². The van der Waals surface area contributed by atoms with E-state index in [9.17, 15) is 9.18 Å². The third kappa shape index (κ3) is 6.88. The van der Waals surface area contributed by atoms with Crippen molar-refractivity contribution in [3.05, 3.63) is 46.7 Å². The summed E-state index contributed by atoms with van der Waals surface area (Å²) in [6.45, 7) is 17.2. The Morgan fingerprint density at radius 3 is 2.65 bits per heavy atom. The number of hydrogen-bond acceptors (Lipinski definition) is 9. The molecule has 43 heavy (non-hydrogen) atoms. The summed E-state index contributed by atoms with van der Waals surface area (Å²) in [5.74, 6) is 0.568. The molecule has 1 aromatic heterocycles. The first-order valence-electron chi connectivity index (χ1n) is 15.0. The molecule has 2 atom stereocenters. The summed E-state index contributed by atoms with van der Waals surface area (Å²) in [6, 6.07) is 5.19. The number of methoxy groups -OCH3 is 1. The van der Waals surface area contributed by atoms with E-state index in [-0.39, 0.29) is 18.3 Å². The highest BCUT2D eigenvalue weighted by molar-refractivity contribution is 5.69. The number of anilines is 2. The molecule has 0 saturated carbocycles. The van der Waals surface area contributed by atoms with E-state index in [4.69, 9.17) is 30.8 Å². The number of carbonyl (C=O) groups is 1. The zero-order valence-corrected chi connectivity index (χ0v) is 25.8. The van der Waals surface area contributed by atoms with Crippen molar-refractivity contribution >= 4 is 17.6 Å². The van der Waals surface area contributed by atoms with Crippen molar-refractivity contribution in [1.82, 2.24) is 19.8 Å². The first-order chi connectivity index (χ1) is 20.6. The van der Waals surface area contributed by atoms with Gasteiger partial charge >= 0.3 is 12.1 Å². The van der Waals surface area contributed by atoms with Gasteiger partial charge in [-0.1, -0.05) is 6.07 Å². The van der Waals surface area contributed by atoms with E-state index >= 15 is 0 Å². The SMILES string of the molecule is [C-]#[N+]CC1CN(c2nc(OC[C@@H]3CCCN3C)nc3c2CCN(c2cccc(F)c2OC)C3)CCN1C(=O)OC(C)(C)C. The number of nitrogens with zero attached hydrogens (tertiary/aromatic N) is 7. The number of halogens is 1. The van der Waals surface area contributed by atoms with E-state index in [2.05, 4.69) is 26.6 Å². The zero-order chi connectivity index (χ0) is 30.7. The van der Waals surface area contributed by atoms with Crippen LogP contribution in [-0.2, 0) is 17.7 Å². The summed E-state index contributed by atoms with van der Waals surface area (Å²) in [5, 5.41) is 0. The molecule has 0 aliphatic carbocycles. The fourth-order valence-corrected chi connectivity index (χ4v) is 6.10. The Bertz CT molecular complexity index is 1360. The third-order valence-corrected chi connectivity index (χ3v) is 8.30. The van der Waals surface area contributed by atoms with Gasteiger partial charge in [0.05, 0.1) is 25.0 Å². The maximum absolute atomic E-state index is 14.6. The van der Waals surface area contributed by atoms with Gasteiger partial charge in [-0.05, 0) is 65.8 Å². The van der Waals surface area contributed by atoms with E-state index in [1.165, 1.54) is 13.2 Å². The summed E-state index contributed by atoms with van der Waals surface area (Å²) in [4.78, 5) is 34.6. The molecule has 5 rings (SSSR count). The van der Waals surface area contributed by atoms with Crippen LogP contribution in [0.3, 0.4) is 0 Å². The molecule has 12 heteroatoms. The molecule has 2 aromatic rings. The molecule has 232 valence electrons. The number of benzene rings is 1. The van der Waals surface area contributed by atoms with E-state index in [0.29, 0.717) is 63.5 Å². The molecule has 0 N–H and O–H groups in total. The van der Waals surface area contributed by atoms with Gasteiger partial charge in [-0.15, -0.1) is 0 Å². The first-order valence-corrected chi connectivity index (χ1v) is 15.0. The van der Waals surface area contributed by atoms with Crippen LogP contribution in [0.4, 0.5) is 20.7 Å². The summed E-state index contributed by atoms with van der Waals surface area (Å²) in [7, 11) is 3.58. The van der Waals surface area contributed by atoms with Crippen LogP contribution < -0.4 is 19.3 Å². The number of amides is 1. The highest BCUT2D eigenvalue weighted by Gasteiger charge is 2.37. The Hall–Kier alpha value is -3.85. The number of piperazine rings is 1. The second kappa shape index (κ2) is 12.8. The summed E-state index contributed by atoms with van der Waals surface area (Å²) in [5.41, 5.74) is 1.86. The van der Waals surface area contributed by atoms with Crippen molar-refractivity contribution < 1.29 is 23.4 Å². The number of carbonyl (C=O) groups excluding carboxylic acids is 1. The largest absolute Gasteiger partial charge is 0.492 e. The predicted molar refractivity (Wildman–Crippen MR) is 161 cm³/mol. The van der Waals surface area contributed by atoms with Crippen LogP contribution in [0.2, 0.25) is 0 Å². The van der Waals surface area contributed by atoms with Gasteiger partial charge in [-0.25, -0.2) is 15.8 Å². The van der Waals surface area contributed by atoms with Gasteiger partial charge in [-0.3, -0.25) is 4.90 Å². The van der Waals surface area contributed by atoms with Crippen LogP contribution in [0.5, 0.6) is 11.8 Å². The maximum atomic E-state index is 14.6. The summed E-state index contributed by atoms with van der Waals surface area (Å²) >= 11 is 0. The number of ether oxygens (including phenoxy) is 3. The standard InChI is InChI=1S/C31H42FN7O4/c1-31(2,3)43-30(40)39-16-15-38(18-22(39)17-33-4)28-23-12-14-37(26-11-7-10-24(32)27(26)41-6)19-25(23)34-29(35-28)42-20-21-9-8-13-36(21)5/h7,10-11,21-22H,8-9,12-20H2,1-3,5-6H3/t21-,22?/m0/s1. The second-order valence-corrected chi connectivity index (χ2v) is 12.4. The fourth-order valence-electron chi connectivity index (χ4n) is 6.10. The molecule has 0 radical (unpaired) electrons. The van der Waals surface area contributed by atoms with E-state index in [0.717, 1.165) is 36.5 Å². The lowest BCUT2D eigenvalue weighted by atomic mass is 10.0. The van der Waals surface area contributed by atoms with Gasteiger partial charge in [0, 0.05) is 37.8 Å². The number of hydrogen-bond donors (Lipinski definition) is 0. The quantitative estimate of drug-likeness (QED) is 0.441. The molecule has 2 fully saturated rings. The molecule has 2 saturated heterocycles. The zero-order valence-electron chi connectivity index (χ0n) is 25.8. The Labute approximate surface area is 253 Å². The van der Waals surface area contributed by atoms with Crippen molar-refractivity contribution in [2.75, 3.05) is 69.8 Å². The van der Waals surface area contributed by atoms with Crippen LogP contribution in [0.25, 0.3) is 4.85 Å². The van der Waals surface area contributed by atoms with Crippen molar-refractivity contribution in [3.8, 4) is 11.8 Å². The Morgan fingerprint density at radius 2 is 1.95 bits per heavy atom. The molecule has 1 amide bonds. The van der Waals surface area contributed by atoms with Gasteiger partial charge < -0.3 is 33.8 Å². The number of likely N-dealkylation sites (N-methyl/N-ethyl adjacent to an activating group) is 1. The lowest BCUT2D eigenvalue weighted by Gasteiger charge is -2.41. The van der Waals surface area contributed by atoms with Crippen molar-refractivity contribution in [2.24, 2.45) is 0 Å². The minimum absolute atomic E-state index is 0.160. The van der Waals surface area contributed by atoms with Crippen molar-refractivity contribution in [1.29, 1.82) is 0 Å². The Morgan fingerprint density at radius 1 is 1.14 bits per heavy atom. The van der Waals surface area contributed by atoms with Crippen LogP contribution in [0.1, 0.15) is 44.9 Å². The molecule has 3 aliphatic heterocycles.